The van der Waals surface area contributed by atoms with Gasteiger partial charge >= 0.3 is 11.9 Å². The molecule has 334 valence electrons. The molecular formula is C51H100O5. The van der Waals surface area contributed by atoms with Crippen LogP contribution in [0.3, 0.4) is 0 Å². The summed E-state index contributed by atoms with van der Waals surface area (Å²) in [7, 11) is 0. The molecule has 0 bridgehead atoms. The molecule has 1 atom stereocenters. The fraction of sp³-hybridized carbons (Fsp3) is 0.961. The molecule has 0 rings (SSSR count). The molecule has 0 amide bonds. The molecule has 0 unspecified atom stereocenters. The number of rotatable bonds is 48. The molecule has 0 spiro atoms. The van der Waals surface area contributed by atoms with Crippen LogP contribution in [0.5, 0.6) is 0 Å². The van der Waals surface area contributed by atoms with E-state index in [-0.39, 0.29) is 25.2 Å². The first-order valence-corrected chi connectivity index (χ1v) is 25.6. The van der Waals surface area contributed by atoms with Crippen molar-refractivity contribution in [2.45, 2.75) is 302 Å². The molecule has 0 saturated carbocycles. The Morgan fingerprint density at radius 2 is 0.554 bits per heavy atom. The zero-order chi connectivity index (χ0) is 40.7. The highest BCUT2D eigenvalue weighted by atomic mass is 16.6. The molecule has 5 heteroatoms. The lowest BCUT2D eigenvalue weighted by molar-refractivity contribution is -0.161. The largest absolute Gasteiger partial charge is 0.462 e. The van der Waals surface area contributed by atoms with Gasteiger partial charge in [-0.25, -0.2) is 0 Å². The first-order chi connectivity index (χ1) is 27.6. The van der Waals surface area contributed by atoms with Gasteiger partial charge in [0.25, 0.3) is 0 Å². The van der Waals surface area contributed by atoms with Crippen molar-refractivity contribution >= 4 is 11.9 Å². The summed E-state index contributed by atoms with van der Waals surface area (Å²) in [6.07, 6.45) is 56.3. The van der Waals surface area contributed by atoms with Gasteiger partial charge in [-0.3, -0.25) is 9.59 Å². The predicted octanol–water partition coefficient (Wildman–Crippen LogP) is 16.6. The van der Waals surface area contributed by atoms with Gasteiger partial charge in [-0.1, -0.05) is 271 Å². The van der Waals surface area contributed by atoms with Gasteiger partial charge in [0.1, 0.15) is 6.61 Å². The molecule has 0 saturated heterocycles. The van der Waals surface area contributed by atoms with E-state index in [9.17, 15) is 14.7 Å². The SMILES string of the molecule is CCCCCCCCCCCCCCCCCCCCCCCCCC(=O)OC[C@H](CO)OC(=O)CCCCCCCCCCCCCCCCCCCCC. The molecule has 0 heterocycles. The second-order valence-electron chi connectivity index (χ2n) is 17.6. The molecular weight excluding hydrogens is 693 g/mol. The zero-order valence-corrected chi connectivity index (χ0v) is 38.2. The highest BCUT2D eigenvalue weighted by molar-refractivity contribution is 5.70. The van der Waals surface area contributed by atoms with Crippen molar-refractivity contribution in [1.82, 2.24) is 0 Å². The lowest BCUT2D eigenvalue weighted by Crippen LogP contribution is -2.28. The van der Waals surface area contributed by atoms with Gasteiger partial charge in [0.15, 0.2) is 6.10 Å². The highest BCUT2D eigenvalue weighted by Crippen LogP contribution is 2.17. The quantitative estimate of drug-likeness (QED) is 0.0491. The van der Waals surface area contributed by atoms with Gasteiger partial charge in [-0.2, -0.15) is 0 Å². The minimum Gasteiger partial charge on any atom is -0.462 e. The summed E-state index contributed by atoms with van der Waals surface area (Å²) >= 11 is 0. The third-order valence-electron chi connectivity index (χ3n) is 11.9. The Bertz CT molecular complexity index is 769. The fourth-order valence-corrected chi connectivity index (χ4v) is 8.03. The Kier molecular flexibility index (Phi) is 47.3. The second-order valence-corrected chi connectivity index (χ2v) is 17.6. The monoisotopic (exact) mass is 793 g/mol. The van der Waals surface area contributed by atoms with Crippen molar-refractivity contribution in [3.63, 3.8) is 0 Å². The maximum atomic E-state index is 12.2. The zero-order valence-electron chi connectivity index (χ0n) is 38.2. The number of aliphatic hydroxyl groups excluding tert-OH is 1. The Morgan fingerprint density at radius 1 is 0.339 bits per heavy atom. The summed E-state index contributed by atoms with van der Waals surface area (Å²) in [5, 5.41) is 9.62. The van der Waals surface area contributed by atoms with Crippen molar-refractivity contribution in [3.05, 3.63) is 0 Å². The first-order valence-electron chi connectivity index (χ1n) is 25.6. The minimum atomic E-state index is -0.763. The van der Waals surface area contributed by atoms with Crippen LogP contribution in [-0.4, -0.2) is 36.4 Å². The van der Waals surface area contributed by atoms with Gasteiger partial charge in [0.2, 0.25) is 0 Å². The van der Waals surface area contributed by atoms with Gasteiger partial charge in [-0.05, 0) is 12.8 Å². The molecule has 5 nitrogen and oxygen atoms in total. The van der Waals surface area contributed by atoms with Crippen LogP contribution in [0, 0.1) is 0 Å². The van der Waals surface area contributed by atoms with Gasteiger partial charge in [0, 0.05) is 12.8 Å². The molecule has 56 heavy (non-hydrogen) atoms. The Labute approximate surface area is 350 Å². The summed E-state index contributed by atoms with van der Waals surface area (Å²) < 4.78 is 10.7. The van der Waals surface area contributed by atoms with Crippen molar-refractivity contribution in [3.8, 4) is 0 Å². The molecule has 0 radical (unpaired) electrons. The average molecular weight is 793 g/mol. The number of hydrogen-bond donors (Lipinski definition) is 1. The third-order valence-corrected chi connectivity index (χ3v) is 11.9. The predicted molar refractivity (Wildman–Crippen MR) is 242 cm³/mol. The Balaban J connectivity index is 3.42. The maximum Gasteiger partial charge on any atom is 0.306 e. The summed E-state index contributed by atoms with van der Waals surface area (Å²) in [6, 6.07) is 0. The molecule has 0 aliphatic carbocycles. The van der Waals surface area contributed by atoms with E-state index in [1.807, 2.05) is 0 Å². The lowest BCUT2D eigenvalue weighted by Gasteiger charge is -2.15. The van der Waals surface area contributed by atoms with Crippen LogP contribution >= 0.6 is 0 Å². The third kappa shape index (κ3) is 45.6. The molecule has 0 aromatic carbocycles. The van der Waals surface area contributed by atoms with E-state index in [1.54, 1.807) is 0 Å². The second kappa shape index (κ2) is 48.3. The van der Waals surface area contributed by atoms with E-state index in [2.05, 4.69) is 13.8 Å². The average Bonchev–Trinajstić information content (AvgIpc) is 3.20. The van der Waals surface area contributed by atoms with Crippen LogP contribution in [0.15, 0.2) is 0 Å². The first kappa shape index (κ1) is 54.9. The van der Waals surface area contributed by atoms with Crippen LogP contribution in [0.4, 0.5) is 0 Å². The molecule has 1 N–H and O–H groups in total. The molecule has 0 aliphatic rings. The summed E-state index contributed by atoms with van der Waals surface area (Å²) in [6.45, 7) is 4.20. The number of aliphatic hydroxyl groups is 1. The van der Waals surface area contributed by atoms with E-state index >= 15 is 0 Å². The fourth-order valence-electron chi connectivity index (χ4n) is 8.03. The number of ether oxygens (including phenoxy) is 2. The maximum absolute atomic E-state index is 12.2. The topological polar surface area (TPSA) is 72.8 Å². The van der Waals surface area contributed by atoms with Crippen LogP contribution in [0.25, 0.3) is 0 Å². The van der Waals surface area contributed by atoms with Gasteiger partial charge < -0.3 is 14.6 Å². The smallest absolute Gasteiger partial charge is 0.306 e. The van der Waals surface area contributed by atoms with Crippen molar-refractivity contribution in [1.29, 1.82) is 0 Å². The minimum absolute atomic E-state index is 0.0559. The number of esters is 2. The number of carbonyl (C=O) groups excluding carboxylic acids is 2. The summed E-state index contributed by atoms with van der Waals surface area (Å²) in [4.78, 5) is 24.4. The van der Waals surface area contributed by atoms with Crippen molar-refractivity contribution in [2.24, 2.45) is 0 Å². The van der Waals surface area contributed by atoms with Crippen LogP contribution in [-0.2, 0) is 19.1 Å². The van der Waals surface area contributed by atoms with Crippen LogP contribution < -0.4 is 0 Å². The molecule has 0 aromatic heterocycles. The number of hydrogen-bond acceptors (Lipinski definition) is 5. The van der Waals surface area contributed by atoms with Crippen LogP contribution in [0.1, 0.15) is 296 Å². The molecule has 0 aromatic rings. The molecule has 0 aliphatic heterocycles. The van der Waals surface area contributed by atoms with E-state index in [0.29, 0.717) is 12.8 Å². The van der Waals surface area contributed by atoms with Gasteiger partial charge in [0.05, 0.1) is 6.61 Å². The number of carbonyl (C=O) groups is 2. The Hall–Kier alpha value is -1.10. The number of unbranched alkanes of at least 4 members (excludes halogenated alkanes) is 40. The normalized spacial score (nSPS) is 12.0. The lowest BCUT2D eigenvalue weighted by atomic mass is 10.0. The Morgan fingerprint density at radius 3 is 0.786 bits per heavy atom. The van der Waals surface area contributed by atoms with E-state index in [0.717, 1.165) is 32.1 Å². The summed E-state index contributed by atoms with van der Waals surface area (Å²) in [5.41, 5.74) is 0. The van der Waals surface area contributed by atoms with Crippen LogP contribution in [0.2, 0.25) is 0 Å². The summed E-state index contributed by atoms with van der Waals surface area (Å²) in [5.74, 6) is -0.566. The van der Waals surface area contributed by atoms with E-state index in [4.69, 9.17) is 9.47 Å². The highest BCUT2D eigenvalue weighted by Gasteiger charge is 2.16. The molecule has 0 fully saturated rings. The van der Waals surface area contributed by atoms with Gasteiger partial charge in [-0.15, -0.1) is 0 Å². The standard InChI is InChI=1S/C51H100O5/c1-3-5-7-9-11-13-15-17-19-21-23-24-25-26-28-29-31-33-35-37-39-41-43-45-50(53)55-48-49(47-52)56-51(54)46-44-42-40-38-36-34-32-30-27-22-20-18-16-14-12-10-8-6-4-2/h49,52H,3-48H2,1-2H3/t49-/m0/s1. The van der Waals surface area contributed by atoms with Crippen molar-refractivity contribution in [2.75, 3.05) is 13.2 Å². The van der Waals surface area contributed by atoms with Crippen molar-refractivity contribution < 1.29 is 24.2 Å². The van der Waals surface area contributed by atoms with E-state index in [1.165, 1.54) is 238 Å². The van der Waals surface area contributed by atoms with E-state index < -0.39 is 6.10 Å².